The van der Waals surface area contributed by atoms with Crippen LogP contribution in [0.15, 0.2) is 48.8 Å². The van der Waals surface area contributed by atoms with Crippen molar-refractivity contribution in [3.8, 4) is 28.7 Å². The quantitative estimate of drug-likeness (QED) is 0.511. The van der Waals surface area contributed by atoms with Gasteiger partial charge in [-0.25, -0.2) is 0 Å². The predicted octanol–water partition coefficient (Wildman–Crippen LogP) is 0.540. The molecule has 2 heterocycles. The van der Waals surface area contributed by atoms with Gasteiger partial charge in [-0.1, -0.05) is 39.9 Å². The molecule has 2 aromatic heterocycles. The van der Waals surface area contributed by atoms with Crippen molar-refractivity contribution in [2.45, 2.75) is 13.8 Å². The number of benzene rings is 2. The number of fused-ring (bicyclic) bond motifs is 1. The van der Waals surface area contributed by atoms with Gasteiger partial charge in [-0.2, -0.15) is 9.67 Å². The summed E-state index contributed by atoms with van der Waals surface area (Å²) >= 11 is 0. The third kappa shape index (κ3) is 3.27. The van der Waals surface area contributed by atoms with Crippen LogP contribution in [0, 0.1) is 13.8 Å². The van der Waals surface area contributed by atoms with E-state index in [1.807, 2.05) is 12.1 Å². The zero-order chi connectivity index (χ0) is 19.0. The molecule has 0 amide bonds. The van der Waals surface area contributed by atoms with Gasteiger partial charge in [0.1, 0.15) is 5.69 Å². The summed E-state index contributed by atoms with van der Waals surface area (Å²) in [6, 6.07) is 14.6. The van der Waals surface area contributed by atoms with Gasteiger partial charge < -0.3 is 21.9 Å². The molecule has 0 saturated heterocycles. The molecule has 0 radical (unpaired) electrons. The lowest BCUT2D eigenvalue weighted by atomic mass is 10.0. The van der Waals surface area contributed by atoms with Gasteiger partial charge in [0.05, 0.1) is 19.9 Å². The van der Waals surface area contributed by atoms with Gasteiger partial charge >= 0.3 is 5.95 Å². The van der Waals surface area contributed by atoms with Gasteiger partial charge in [0.15, 0.2) is 11.5 Å². The van der Waals surface area contributed by atoms with Crippen molar-refractivity contribution in [1.29, 1.82) is 0 Å². The molecule has 144 valence electrons. The summed E-state index contributed by atoms with van der Waals surface area (Å²) in [5, 5.41) is 9.11. The number of nitrogens with one attached hydrogen (secondary N) is 1. The number of H-pyrrole nitrogens is 1. The molecule has 1 N–H and O–H groups in total. The molecule has 4 rings (SSSR count). The molecule has 0 aliphatic heterocycles. The van der Waals surface area contributed by atoms with Crippen molar-refractivity contribution in [3.05, 3.63) is 60.0 Å². The molecule has 0 saturated carbocycles. The molecule has 2 aromatic carbocycles. The van der Waals surface area contributed by atoms with E-state index in [1.54, 1.807) is 14.2 Å². The maximum absolute atomic E-state index is 5.55. The van der Waals surface area contributed by atoms with Crippen LogP contribution < -0.4 is 26.4 Å². The van der Waals surface area contributed by atoms with Crippen molar-refractivity contribution >= 4 is 10.8 Å². The highest BCUT2D eigenvalue weighted by Gasteiger charge is 2.22. The van der Waals surface area contributed by atoms with Crippen molar-refractivity contribution in [2.75, 3.05) is 14.2 Å². The molecule has 0 unspecified atom stereocenters. The molecule has 0 aliphatic carbocycles. The van der Waals surface area contributed by atoms with Crippen LogP contribution in [0.3, 0.4) is 0 Å². The Bertz CT molecular complexity index is 1110. The third-order valence-corrected chi connectivity index (χ3v) is 4.69. The fourth-order valence-corrected chi connectivity index (χ4v) is 3.38. The Morgan fingerprint density at radius 2 is 1.61 bits per heavy atom. The van der Waals surface area contributed by atoms with E-state index in [2.05, 4.69) is 63.9 Å². The summed E-state index contributed by atoms with van der Waals surface area (Å²) in [5.41, 5.74) is 4.34. The Hall–Kier alpha value is -3.12. The molecule has 28 heavy (non-hydrogen) atoms. The zero-order valence-electron chi connectivity index (χ0n) is 16.2. The first kappa shape index (κ1) is 19.6. The van der Waals surface area contributed by atoms with Crippen LogP contribution in [0.5, 0.6) is 11.5 Å². The molecular weight excluding hydrogens is 376 g/mol. The molecule has 7 heteroatoms. The molecule has 0 atom stereocenters. The lowest BCUT2D eigenvalue weighted by Gasteiger charge is -2.15. The largest absolute Gasteiger partial charge is 1.00 e. The van der Waals surface area contributed by atoms with Crippen LogP contribution >= 0.6 is 0 Å². The summed E-state index contributed by atoms with van der Waals surface area (Å²) in [6.45, 7) is 4.13. The minimum Gasteiger partial charge on any atom is -1.00 e. The Balaban J connectivity index is 0.00000225. The number of aryl methyl sites for hydroxylation is 2. The van der Waals surface area contributed by atoms with E-state index < -0.39 is 0 Å². The number of halogens is 1. The second-order valence-electron chi connectivity index (χ2n) is 6.44. The van der Waals surface area contributed by atoms with E-state index in [-0.39, 0.29) is 12.4 Å². The van der Waals surface area contributed by atoms with Crippen LogP contribution in [-0.4, -0.2) is 29.4 Å². The monoisotopic (exact) mass is 396 g/mol. The first-order valence-electron chi connectivity index (χ1n) is 8.66. The van der Waals surface area contributed by atoms with E-state index in [1.165, 1.54) is 11.9 Å². The molecule has 6 nitrogen and oxygen atoms in total. The Labute approximate surface area is 169 Å². The highest BCUT2D eigenvalue weighted by atomic mass is 35.5. The summed E-state index contributed by atoms with van der Waals surface area (Å²) in [5.74, 6) is 2.06. The smallest absolute Gasteiger partial charge is 0.422 e. The molecular formula is C21H21ClN4O2. The Morgan fingerprint density at radius 1 is 0.929 bits per heavy atom. The lowest BCUT2D eigenvalue weighted by Crippen LogP contribution is -3.00. The molecule has 0 fully saturated rings. The average molecular weight is 397 g/mol. The van der Waals surface area contributed by atoms with Crippen molar-refractivity contribution in [1.82, 2.24) is 15.2 Å². The Morgan fingerprint density at radius 3 is 2.21 bits per heavy atom. The van der Waals surface area contributed by atoms with Gasteiger partial charge in [-0.15, -0.1) is 0 Å². The number of ether oxygens (including phenoxy) is 2. The molecule has 4 aromatic rings. The van der Waals surface area contributed by atoms with E-state index in [0.29, 0.717) is 17.4 Å². The standard InChI is InChI=1S/C21H21N4O2.ClH/c1-13-5-7-15(8-6-13)20-17-11-19(27-4)18(26-3)10-16(17)9-14(2)25(20)21-22-12-23-24-21;/h5-12H,1-4H3,(H,22,23,24);1H/q+1;/p-1. The number of hydrogen-bond acceptors (Lipinski definition) is 4. The minimum atomic E-state index is 0. The van der Waals surface area contributed by atoms with Crippen LogP contribution in [0.4, 0.5) is 0 Å². The Kier molecular flexibility index (Phi) is 5.51. The van der Waals surface area contributed by atoms with E-state index in [0.717, 1.165) is 27.7 Å². The lowest BCUT2D eigenvalue weighted by molar-refractivity contribution is -0.597. The van der Waals surface area contributed by atoms with Crippen molar-refractivity contribution < 1.29 is 26.4 Å². The first-order valence-corrected chi connectivity index (χ1v) is 8.66. The summed E-state index contributed by atoms with van der Waals surface area (Å²) in [4.78, 5) is 4.37. The summed E-state index contributed by atoms with van der Waals surface area (Å²) in [6.07, 6.45) is 1.51. The summed E-state index contributed by atoms with van der Waals surface area (Å²) in [7, 11) is 3.29. The van der Waals surface area contributed by atoms with Crippen LogP contribution in [0.25, 0.3) is 28.0 Å². The normalized spacial score (nSPS) is 10.6. The van der Waals surface area contributed by atoms with Gasteiger partial charge in [-0.05, 0) is 37.4 Å². The maximum Gasteiger partial charge on any atom is 0.422 e. The highest BCUT2D eigenvalue weighted by molar-refractivity contribution is 5.95. The molecule has 0 aliphatic rings. The summed E-state index contributed by atoms with van der Waals surface area (Å²) < 4.78 is 13.1. The predicted molar refractivity (Wildman–Crippen MR) is 103 cm³/mol. The number of pyridine rings is 1. The number of hydrogen-bond donors (Lipinski definition) is 1. The van der Waals surface area contributed by atoms with Crippen LogP contribution in [0.1, 0.15) is 11.3 Å². The third-order valence-electron chi connectivity index (χ3n) is 4.69. The number of aromatic amines is 1. The molecule has 0 spiro atoms. The topological polar surface area (TPSA) is 63.9 Å². The van der Waals surface area contributed by atoms with Gasteiger partial charge in [0.25, 0.3) is 0 Å². The van der Waals surface area contributed by atoms with Crippen molar-refractivity contribution in [3.63, 3.8) is 0 Å². The number of methoxy groups -OCH3 is 2. The van der Waals surface area contributed by atoms with E-state index >= 15 is 0 Å². The first-order chi connectivity index (χ1) is 13.1. The fourth-order valence-electron chi connectivity index (χ4n) is 3.38. The van der Waals surface area contributed by atoms with Crippen LogP contribution in [0.2, 0.25) is 0 Å². The fraction of sp³-hybridized carbons (Fsp3) is 0.190. The SMILES string of the molecule is COc1cc2cc(C)[n+](-c3ncn[nH]3)c(-c3ccc(C)cc3)c2cc1OC.[Cl-]. The minimum absolute atomic E-state index is 0. The number of rotatable bonds is 4. The maximum atomic E-state index is 5.55. The van der Waals surface area contributed by atoms with Crippen molar-refractivity contribution in [2.24, 2.45) is 0 Å². The average Bonchev–Trinajstić information content (AvgIpc) is 3.21. The number of aromatic nitrogens is 4. The van der Waals surface area contributed by atoms with Gasteiger partial charge in [-0.3, -0.25) is 0 Å². The van der Waals surface area contributed by atoms with Gasteiger partial charge in [0.2, 0.25) is 6.33 Å². The van der Waals surface area contributed by atoms with Gasteiger partial charge in [0, 0.05) is 10.9 Å². The number of nitrogens with zero attached hydrogens (tertiary/aromatic N) is 3. The second-order valence-corrected chi connectivity index (χ2v) is 6.44. The van der Waals surface area contributed by atoms with Crippen LogP contribution in [-0.2, 0) is 0 Å². The van der Waals surface area contributed by atoms with E-state index in [9.17, 15) is 0 Å². The zero-order valence-corrected chi connectivity index (χ0v) is 16.9. The van der Waals surface area contributed by atoms with E-state index in [4.69, 9.17) is 9.47 Å². The second kappa shape index (κ2) is 7.86. The molecule has 0 bridgehead atoms. The highest BCUT2D eigenvalue weighted by Crippen LogP contribution is 2.36.